The third-order valence-electron chi connectivity index (χ3n) is 4.41. The number of nitro benzene ring substituents is 1. The van der Waals surface area contributed by atoms with Crippen molar-refractivity contribution in [1.29, 1.82) is 0 Å². The van der Waals surface area contributed by atoms with Crippen LogP contribution in [0.15, 0.2) is 18.2 Å². The molecule has 0 saturated carbocycles. The van der Waals surface area contributed by atoms with E-state index in [1.165, 1.54) is 19.3 Å². The number of piperidine rings is 1. The Kier molecular flexibility index (Phi) is 5.17. The van der Waals surface area contributed by atoms with Crippen molar-refractivity contribution >= 4 is 11.4 Å². The Balaban J connectivity index is 2.30. The summed E-state index contributed by atoms with van der Waals surface area (Å²) >= 11 is 0. The number of hydrogen-bond acceptors (Lipinski definition) is 4. The molecule has 21 heavy (non-hydrogen) atoms. The molecule has 2 unspecified atom stereocenters. The molecule has 5 heteroatoms. The van der Waals surface area contributed by atoms with Gasteiger partial charge in [0.1, 0.15) is 5.69 Å². The zero-order chi connectivity index (χ0) is 15.4. The summed E-state index contributed by atoms with van der Waals surface area (Å²) in [6.07, 6.45) is 3.68. The summed E-state index contributed by atoms with van der Waals surface area (Å²) in [7, 11) is 0. The maximum Gasteiger partial charge on any atom is 0.292 e. The summed E-state index contributed by atoms with van der Waals surface area (Å²) < 4.78 is 0. The highest BCUT2D eigenvalue weighted by Gasteiger charge is 2.26. The molecule has 1 fully saturated rings. The van der Waals surface area contributed by atoms with E-state index in [0.29, 0.717) is 24.3 Å². The average molecular weight is 291 g/mol. The van der Waals surface area contributed by atoms with Crippen LogP contribution in [0.2, 0.25) is 0 Å². The first-order valence-corrected chi connectivity index (χ1v) is 7.80. The molecule has 2 atom stereocenters. The number of para-hydroxylation sites is 1. The van der Waals surface area contributed by atoms with Crippen molar-refractivity contribution in [2.75, 3.05) is 11.9 Å². The molecule has 0 amide bonds. The molecule has 1 aromatic rings. The molecule has 0 bridgehead atoms. The van der Waals surface area contributed by atoms with Crippen molar-refractivity contribution in [2.24, 2.45) is 0 Å². The van der Waals surface area contributed by atoms with Crippen molar-refractivity contribution < 1.29 is 4.92 Å². The lowest BCUT2D eigenvalue weighted by Gasteiger charge is -2.39. The second kappa shape index (κ2) is 6.89. The van der Waals surface area contributed by atoms with E-state index in [2.05, 4.69) is 24.1 Å². The molecule has 0 aromatic heterocycles. The normalized spacial score (nSPS) is 23.0. The van der Waals surface area contributed by atoms with Gasteiger partial charge in [0.25, 0.3) is 5.69 Å². The van der Waals surface area contributed by atoms with Crippen LogP contribution in [0.1, 0.15) is 45.6 Å². The lowest BCUT2D eigenvalue weighted by Crippen LogP contribution is -2.43. The van der Waals surface area contributed by atoms with Crippen molar-refractivity contribution in [3.8, 4) is 0 Å². The first-order valence-electron chi connectivity index (χ1n) is 7.80. The largest absolute Gasteiger partial charge is 0.380 e. The first kappa shape index (κ1) is 15.8. The molecule has 0 spiro atoms. The van der Waals surface area contributed by atoms with Crippen LogP contribution in [0.5, 0.6) is 0 Å². The minimum absolute atomic E-state index is 0.173. The van der Waals surface area contributed by atoms with Gasteiger partial charge < -0.3 is 5.32 Å². The second-order valence-corrected chi connectivity index (χ2v) is 5.90. The number of nitrogens with zero attached hydrogens (tertiary/aromatic N) is 2. The lowest BCUT2D eigenvalue weighted by atomic mass is 9.96. The van der Waals surface area contributed by atoms with Crippen LogP contribution in [0.4, 0.5) is 11.4 Å². The highest BCUT2D eigenvalue weighted by molar-refractivity contribution is 5.66. The van der Waals surface area contributed by atoms with E-state index in [1.807, 2.05) is 13.0 Å². The molecule has 1 aliphatic rings. The summed E-state index contributed by atoms with van der Waals surface area (Å²) in [6, 6.07) is 6.42. The fourth-order valence-corrected chi connectivity index (χ4v) is 3.23. The average Bonchev–Trinajstić information content (AvgIpc) is 2.44. The van der Waals surface area contributed by atoms with Crippen LogP contribution in [0.3, 0.4) is 0 Å². The lowest BCUT2D eigenvalue weighted by molar-refractivity contribution is -0.384. The van der Waals surface area contributed by atoms with Crippen LogP contribution < -0.4 is 5.32 Å². The fourth-order valence-electron chi connectivity index (χ4n) is 3.23. The van der Waals surface area contributed by atoms with Crippen LogP contribution in [0, 0.1) is 10.1 Å². The summed E-state index contributed by atoms with van der Waals surface area (Å²) in [6.45, 7) is 7.92. The van der Waals surface area contributed by atoms with E-state index in [4.69, 9.17) is 0 Å². The molecule has 0 aliphatic carbocycles. The van der Waals surface area contributed by atoms with Gasteiger partial charge in [-0.05, 0) is 39.2 Å². The number of nitrogens with one attached hydrogen (secondary N) is 1. The van der Waals surface area contributed by atoms with Gasteiger partial charge in [0.2, 0.25) is 0 Å². The number of anilines is 1. The Morgan fingerprint density at radius 1 is 1.33 bits per heavy atom. The molecule has 116 valence electrons. The number of hydrogen-bond donors (Lipinski definition) is 1. The molecular weight excluding hydrogens is 266 g/mol. The Morgan fingerprint density at radius 2 is 2.00 bits per heavy atom. The summed E-state index contributed by atoms with van der Waals surface area (Å²) in [5.74, 6) is 0. The van der Waals surface area contributed by atoms with Gasteiger partial charge in [-0.25, -0.2) is 0 Å². The molecule has 1 heterocycles. The van der Waals surface area contributed by atoms with Crippen LogP contribution >= 0.6 is 0 Å². The van der Waals surface area contributed by atoms with Crippen LogP contribution in [-0.2, 0) is 6.54 Å². The van der Waals surface area contributed by atoms with E-state index in [1.54, 1.807) is 12.1 Å². The highest BCUT2D eigenvalue weighted by Crippen LogP contribution is 2.32. The Hall–Kier alpha value is -1.62. The van der Waals surface area contributed by atoms with Crippen molar-refractivity contribution in [1.82, 2.24) is 4.90 Å². The predicted octanol–water partition coefficient (Wildman–Crippen LogP) is 3.79. The molecule has 2 rings (SSSR count). The Bertz CT molecular complexity index is 494. The monoisotopic (exact) mass is 291 g/mol. The van der Waals surface area contributed by atoms with Crippen molar-refractivity contribution in [3.05, 3.63) is 33.9 Å². The van der Waals surface area contributed by atoms with E-state index in [-0.39, 0.29) is 10.6 Å². The molecule has 1 aromatic carbocycles. The predicted molar refractivity (Wildman–Crippen MR) is 85.6 cm³/mol. The van der Waals surface area contributed by atoms with E-state index in [0.717, 1.165) is 12.1 Å². The minimum atomic E-state index is -0.301. The van der Waals surface area contributed by atoms with Crippen molar-refractivity contribution in [2.45, 2.75) is 58.7 Å². The molecule has 0 radical (unpaired) electrons. The second-order valence-electron chi connectivity index (χ2n) is 5.90. The molecular formula is C16H25N3O2. The molecule has 5 nitrogen and oxygen atoms in total. The van der Waals surface area contributed by atoms with E-state index < -0.39 is 0 Å². The van der Waals surface area contributed by atoms with Gasteiger partial charge in [-0.1, -0.05) is 18.6 Å². The SMILES string of the molecule is CCNc1c(CN2C(C)CCCC2C)cccc1[N+](=O)[O-]. The topological polar surface area (TPSA) is 58.4 Å². The Labute approximate surface area is 126 Å². The van der Waals surface area contributed by atoms with Gasteiger partial charge in [0.05, 0.1) is 4.92 Å². The highest BCUT2D eigenvalue weighted by atomic mass is 16.6. The third kappa shape index (κ3) is 3.53. The first-order chi connectivity index (χ1) is 10.0. The quantitative estimate of drug-likeness (QED) is 0.662. The number of nitro groups is 1. The smallest absolute Gasteiger partial charge is 0.292 e. The van der Waals surface area contributed by atoms with Gasteiger partial charge in [-0.15, -0.1) is 0 Å². The molecule has 1 saturated heterocycles. The number of likely N-dealkylation sites (tertiary alicyclic amines) is 1. The van der Waals surface area contributed by atoms with Gasteiger partial charge in [-0.3, -0.25) is 15.0 Å². The van der Waals surface area contributed by atoms with Gasteiger partial charge in [0.15, 0.2) is 0 Å². The van der Waals surface area contributed by atoms with Gasteiger partial charge in [0, 0.05) is 31.2 Å². The van der Waals surface area contributed by atoms with Gasteiger partial charge in [-0.2, -0.15) is 0 Å². The fraction of sp³-hybridized carbons (Fsp3) is 0.625. The van der Waals surface area contributed by atoms with E-state index in [9.17, 15) is 10.1 Å². The summed E-state index contributed by atoms with van der Waals surface area (Å²) in [5.41, 5.74) is 1.87. The maximum absolute atomic E-state index is 11.2. The zero-order valence-electron chi connectivity index (χ0n) is 13.1. The van der Waals surface area contributed by atoms with Crippen LogP contribution in [0.25, 0.3) is 0 Å². The number of rotatable bonds is 5. The Morgan fingerprint density at radius 3 is 2.57 bits per heavy atom. The van der Waals surface area contributed by atoms with Crippen molar-refractivity contribution in [3.63, 3.8) is 0 Å². The van der Waals surface area contributed by atoms with Gasteiger partial charge >= 0.3 is 0 Å². The minimum Gasteiger partial charge on any atom is -0.380 e. The molecule has 1 aliphatic heterocycles. The standard InChI is InChI=1S/C16H25N3O2/c1-4-17-16-14(9-6-10-15(16)19(20)21)11-18-12(2)7-5-8-13(18)3/h6,9-10,12-13,17H,4-5,7-8,11H2,1-3H3. The third-order valence-corrected chi connectivity index (χ3v) is 4.41. The zero-order valence-corrected chi connectivity index (χ0v) is 13.1. The summed E-state index contributed by atoms with van der Waals surface area (Å²) in [4.78, 5) is 13.4. The van der Waals surface area contributed by atoms with Crippen LogP contribution in [-0.4, -0.2) is 28.5 Å². The summed E-state index contributed by atoms with van der Waals surface area (Å²) in [5, 5.41) is 14.4. The maximum atomic E-state index is 11.2. The van der Waals surface area contributed by atoms with E-state index >= 15 is 0 Å². The number of benzene rings is 1. The molecule has 1 N–H and O–H groups in total.